The molecule has 2 rings (SSSR count). The SMILES string of the molecule is CCC(CC)S(=O)(=O)c1ccc(OC)c(NS(=O)(=O)c2ccc(C)cc2)c1. The van der Waals surface area contributed by atoms with Crippen LogP contribution in [0.5, 0.6) is 5.75 Å². The van der Waals surface area contributed by atoms with Gasteiger partial charge in [-0.05, 0) is 50.1 Å². The third-order valence-corrected chi connectivity index (χ3v) is 8.26. The predicted molar refractivity (Wildman–Crippen MR) is 107 cm³/mol. The Labute approximate surface area is 161 Å². The molecule has 0 fully saturated rings. The van der Waals surface area contributed by atoms with Gasteiger partial charge < -0.3 is 4.74 Å². The minimum absolute atomic E-state index is 0.0682. The molecule has 6 nitrogen and oxygen atoms in total. The van der Waals surface area contributed by atoms with Gasteiger partial charge in [-0.25, -0.2) is 16.8 Å². The average Bonchev–Trinajstić information content (AvgIpc) is 2.62. The molecule has 0 bridgehead atoms. The topological polar surface area (TPSA) is 89.5 Å². The second kappa shape index (κ2) is 8.31. The van der Waals surface area contributed by atoms with E-state index in [2.05, 4.69) is 4.72 Å². The second-order valence-electron chi connectivity index (χ2n) is 6.26. The fraction of sp³-hybridized carbons (Fsp3) is 0.368. The Hall–Kier alpha value is -2.06. The quantitative estimate of drug-likeness (QED) is 0.714. The van der Waals surface area contributed by atoms with E-state index in [1.165, 1.54) is 37.4 Å². The lowest BCUT2D eigenvalue weighted by atomic mass is 10.2. The van der Waals surface area contributed by atoms with Crippen LogP contribution >= 0.6 is 0 Å². The van der Waals surface area contributed by atoms with Crippen molar-refractivity contribution < 1.29 is 21.6 Å². The summed E-state index contributed by atoms with van der Waals surface area (Å²) in [5.41, 5.74) is 1.02. The molecule has 0 radical (unpaired) electrons. The van der Waals surface area contributed by atoms with Crippen LogP contribution in [0.2, 0.25) is 0 Å². The maximum atomic E-state index is 12.8. The predicted octanol–water partition coefficient (Wildman–Crippen LogP) is 3.77. The van der Waals surface area contributed by atoms with Crippen LogP contribution in [0.1, 0.15) is 32.3 Å². The molecule has 2 aromatic carbocycles. The zero-order chi connectivity index (χ0) is 20.2. The summed E-state index contributed by atoms with van der Waals surface area (Å²) < 4.78 is 58.6. The third kappa shape index (κ3) is 4.62. The van der Waals surface area contributed by atoms with Crippen molar-refractivity contribution in [1.82, 2.24) is 0 Å². The number of benzene rings is 2. The van der Waals surface area contributed by atoms with Crippen molar-refractivity contribution in [3.05, 3.63) is 48.0 Å². The summed E-state index contributed by atoms with van der Waals surface area (Å²) in [5, 5.41) is -0.521. The van der Waals surface area contributed by atoms with E-state index in [-0.39, 0.29) is 21.2 Å². The fourth-order valence-electron chi connectivity index (χ4n) is 2.78. The number of hydrogen-bond donors (Lipinski definition) is 1. The molecule has 0 saturated carbocycles. The molecule has 0 spiro atoms. The molecule has 0 aliphatic heterocycles. The van der Waals surface area contributed by atoms with E-state index >= 15 is 0 Å². The number of hydrogen-bond acceptors (Lipinski definition) is 5. The third-order valence-electron chi connectivity index (χ3n) is 4.42. The molecular weight excluding hydrogens is 386 g/mol. The van der Waals surface area contributed by atoms with Crippen LogP contribution in [0.4, 0.5) is 5.69 Å². The van der Waals surface area contributed by atoms with Gasteiger partial charge in [0.15, 0.2) is 9.84 Å². The Morgan fingerprint density at radius 1 is 0.926 bits per heavy atom. The Morgan fingerprint density at radius 2 is 1.48 bits per heavy atom. The lowest BCUT2D eigenvalue weighted by molar-refractivity contribution is 0.416. The van der Waals surface area contributed by atoms with Crippen LogP contribution in [0.25, 0.3) is 0 Å². The highest BCUT2D eigenvalue weighted by Gasteiger charge is 2.26. The van der Waals surface area contributed by atoms with Gasteiger partial charge >= 0.3 is 0 Å². The smallest absolute Gasteiger partial charge is 0.262 e. The molecule has 27 heavy (non-hydrogen) atoms. The monoisotopic (exact) mass is 411 g/mol. The van der Waals surface area contributed by atoms with Crippen LogP contribution in [0.15, 0.2) is 52.3 Å². The van der Waals surface area contributed by atoms with Gasteiger partial charge in [0.2, 0.25) is 0 Å². The van der Waals surface area contributed by atoms with Gasteiger partial charge in [0, 0.05) is 0 Å². The molecule has 8 heteroatoms. The summed E-state index contributed by atoms with van der Waals surface area (Å²) in [7, 11) is -6.05. The van der Waals surface area contributed by atoms with Crippen molar-refractivity contribution in [2.45, 2.75) is 48.7 Å². The molecule has 2 aromatic rings. The first-order valence-corrected chi connectivity index (χ1v) is 11.7. The van der Waals surface area contributed by atoms with E-state index in [1.807, 2.05) is 20.8 Å². The van der Waals surface area contributed by atoms with Crippen LogP contribution in [-0.2, 0) is 19.9 Å². The Bertz CT molecular complexity index is 993. The maximum absolute atomic E-state index is 12.8. The van der Waals surface area contributed by atoms with E-state index in [1.54, 1.807) is 12.1 Å². The first kappa shape index (κ1) is 21.2. The normalized spacial score (nSPS) is 12.2. The number of sulfonamides is 1. The Kier molecular flexibility index (Phi) is 6.54. The number of aryl methyl sites for hydroxylation is 1. The highest BCUT2D eigenvalue weighted by molar-refractivity contribution is 7.93. The van der Waals surface area contributed by atoms with Gasteiger partial charge in [-0.3, -0.25) is 4.72 Å². The number of anilines is 1. The van der Waals surface area contributed by atoms with Crippen LogP contribution < -0.4 is 9.46 Å². The van der Waals surface area contributed by atoms with Gasteiger partial charge in [-0.2, -0.15) is 0 Å². The first-order chi connectivity index (χ1) is 12.7. The van der Waals surface area contributed by atoms with Crippen LogP contribution in [0, 0.1) is 6.92 Å². The van der Waals surface area contributed by atoms with Gasteiger partial charge in [-0.15, -0.1) is 0 Å². The summed E-state index contributed by atoms with van der Waals surface area (Å²) in [4.78, 5) is 0.155. The molecule has 1 N–H and O–H groups in total. The molecule has 0 saturated heterocycles. The zero-order valence-electron chi connectivity index (χ0n) is 15.9. The number of rotatable bonds is 8. The highest BCUT2D eigenvalue weighted by atomic mass is 32.2. The summed E-state index contributed by atoms with van der Waals surface area (Å²) in [6, 6.07) is 10.6. The number of methoxy groups -OCH3 is 1. The molecule has 0 atom stereocenters. The minimum atomic E-state index is -3.88. The summed E-state index contributed by atoms with van der Waals surface area (Å²) in [6.45, 7) is 5.49. The van der Waals surface area contributed by atoms with Gasteiger partial charge in [0.1, 0.15) is 5.75 Å². The van der Waals surface area contributed by atoms with E-state index < -0.39 is 25.1 Å². The lowest BCUT2D eigenvalue weighted by Gasteiger charge is -2.17. The molecule has 0 heterocycles. The van der Waals surface area contributed by atoms with E-state index in [0.29, 0.717) is 12.8 Å². The van der Waals surface area contributed by atoms with E-state index in [0.717, 1.165) is 5.56 Å². The van der Waals surface area contributed by atoms with Crippen molar-refractivity contribution in [3.63, 3.8) is 0 Å². The maximum Gasteiger partial charge on any atom is 0.262 e. The van der Waals surface area contributed by atoms with Crippen LogP contribution in [-0.4, -0.2) is 29.2 Å². The molecule has 0 aliphatic carbocycles. The molecule has 148 valence electrons. The van der Waals surface area contributed by atoms with Gasteiger partial charge in [0.05, 0.1) is 27.8 Å². The van der Waals surface area contributed by atoms with Crippen molar-refractivity contribution in [1.29, 1.82) is 0 Å². The largest absolute Gasteiger partial charge is 0.495 e. The number of sulfone groups is 1. The first-order valence-electron chi connectivity index (χ1n) is 8.67. The Balaban J connectivity index is 2.48. The molecule has 0 aliphatic rings. The Morgan fingerprint density at radius 3 is 2.00 bits per heavy atom. The average molecular weight is 412 g/mol. The van der Waals surface area contributed by atoms with Crippen molar-refractivity contribution in [2.75, 3.05) is 11.8 Å². The zero-order valence-corrected chi connectivity index (χ0v) is 17.5. The van der Waals surface area contributed by atoms with Crippen LogP contribution in [0.3, 0.4) is 0 Å². The summed E-state index contributed by atoms with van der Waals surface area (Å²) in [5.74, 6) is 0.245. The van der Waals surface area contributed by atoms with Crippen molar-refractivity contribution >= 4 is 25.5 Å². The molecule has 0 amide bonds. The summed E-state index contributed by atoms with van der Waals surface area (Å²) in [6.07, 6.45) is 0.963. The van der Waals surface area contributed by atoms with Crippen molar-refractivity contribution in [3.8, 4) is 5.75 Å². The summed E-state index contributed by atoms with van der Waals surface area (Å²) >= 11 is 0. The minimum Gasteiger partial charge on any atom is -0.495 e. The van der Waals surface area contributed by atoms with E-state index in [4.69, 9.17) is 4.74 Å². The molecule has 0 aromatic heterocycles. The van der Waals surface area contributed by atoms with Gasteiger partial charge in [0.25, 0.3) is 10.0 Å². The molecule has 0 unspecified atom stereocenters. The molecular formula is C19H25NO5S2. The standard InChI is InChI=1S/C19H25NO5S2/c1-5-15(6-2)26(21,22)17-11-12-19(25-4)18(13-17)20-27(23,24)16-9-7-14(3)8-10-16/h7-13,15,20H,5-6H2,1-4H3. The second-order valence-corrected chi connectivity index (χ2v) is 10.2. The highest BCUT2D eigenvalue weighted by Crippen LogP contribution is 2.32. The number of ether oxygens (including phenoxy) is 1. The fourth-order valence-corrected chi connectivity index (χ4v) is 5.65. The number of nitrogens with one attached hydrogen (secondary N) is 1. The van der Waals surface area contributed by atoms with Crippen molar-refractivity contribution in [2.24, 2.45) is 0 Å². The lowest BCUT2D eigenvalue weighted by Crippen LogP contribution is -2.20. The van der Waals surface area contributed by atoms with E-state index in [9.17, 15) is 16.8 Å². The van der Waals surface area contributed by atoms with Gasteiger partial charge in [-0.1, -0.05) is 31.5 Å².